The summed E-state index contributed by atoms with van der Waals surface area (Å²) >= 11 is 0. The molecule has 3 heterocycles. The predicted molar refractivity (Wildman–Crippen MR) is 92.0 cm³/mol. The molecule has 2 amide bonds. The molecule has 7 heteroatoms. The molecule has 26 heavy (non-hydrogen) atoms. The number of hydrogen-bond acceptors (Lipinski definition) is 4. The summed E-state index contributed by atoms with van der Waals surface area (Å²) in [4.78, 5) is 44.6. The van der Waals surface area contributed by atoms with Gasteiger partial charge in [-0.1, -0.05) is 6.07 Å². The highest BCUT2D eigenvalue weighted by atomic mass is 16.4. The van der Waals surface area contributed by atoms with Crippen LogP contribution in [0.5, 0.6) is 0 Å². The minimum absolute atomic E-state index is 0.0922. The Labute approximate surface area is 152 Å². The zero-order valence-electron chi connectivity index (χ0n) is 14.6. The Bertz CT molecular complexity index is 734. The van der Waals surface area contributed by atoms with Gasteiger partial charge >= 0.3 is 5.97 Å². The first-order valence-electron chi connectivity index (χ1n) is 9.18. The Balaban J connectivity index is 1.42. The van der Waals surface area contributed by atoms with Gasteiger partial charge in [-0.15, -0.1) is 0 Å². The molecule has 0 spiro atoms. The van der Waals surface area contributed by atoms with Crippen molar-refractivity contribution < 1.29 is 19.5 Å². The zero-order valence-corrected chi connectivity index (χ0v) is 14.6. The lowest BCUT2D eigenvalue weighted by Gasteiger charge is -2.25. The van der Waals surface area contributed by atoms with Gasteiger partial charge < -0.3 is 14.9 Å². The fraction of sp³-hybridized carbons (Fsp3) is 0.579. The van der Waals surface area contributed by atoms with Crippen LogP contribution in [-0.2, 0) is 20.8 Å². The maximum Gasteiger partial charge on any atom is 0.314 e. The van der Waals surface area contributed by atoms with E-state index in [-0.39, 0.29) is 31.4 Å². The van der Waals surface area contributed by atoms with Crippen molar-refractivity contribution in [2.45, 2.75) is 25.7 Å². The van der Waals surface area contributed by atoms with Gasteiger partial charge in [0, 0.05) is 45.0 Å². The Morgan fingerprint density at radius 1 is 1.31 bits per heavy atom. The van der Waals surface area contributed by atoms with Crippen molar-refractivity contribution in [1.29, 1.82) is 0 Å². The largest absolute Gasteiger partial charge is 0.481 e. The molecule has 0 radical (unpaired) electrons. The molecule has 138 valence electrons. The fourth-order valence-electron chi connectivity index (χ4n) is 4.22. The van der Waals surface area contributed by atoms with E-state index in [9.17, 15) is 19.5 Å². The van der Waals surface area contributed by atoms with Crippen LogP contribution in [0.4, 0.5) is 0 Å². The SMILES string of the molecule is O=C(CCc1cccnc1)N1C[C@H]2C(=O)N(CC3CC3)C[C@@]2(C(=O)O)C1. The summed E-state index contributed by atoms with van der Waals surface area (Å²) in [6.07, 6.45) is 6.51. The van der Waals surface area contributed by atoms with E-state index in [1.807, 2.05) is 12.1 Å². The molecular formula is C19H23N3O4. The lowest BCUT2D eigenvalue weighted by molar-refractivity contribution is -0.150. The van der Waals surface area contributed by atoms with Crippen LogP contribution in [0.3, 0.4) is 0 Å². The first-order valence-corrected chi connectivity index (χ1v) is 9.18. The highest BCUT2D eigenvalue weighted by Gasteiger charge is 2.62. The maximum absolute atomic E-state index is 12.7. The zero-order chi connectivity index (χ0) is 18.3. The molecule has 3 fully saturated rings. The number of carbonyl (C=O) groups excluding carboxylic acids is 2. The second-order valence-electron chi connectivity index (χ2n) is 7.81. The smallest absolute Gasteiger partial charge is 0.314 e. The van der Waals surface area contributed by atoms with E-state index >= 15 is 0 Å². The number of carboxylic acids is 1. The second-order valence-corrected chi connectivity index (χ2v) is 7.81. The lowest BCUT2D eigenvalue weighted by Crippen LogP contribution is -2.42. The number of fused-ring (bicyclic) bond motifs is 1. The third-order valence-electron chi connectivity index (χ3n) is 5.93. The Hall–Kier alpha value is -2.44. The van der Waals surface area contributed by atoms with E-state index in [1.165, 1.54) is 0 Å². The molecule has 1 aliphatic carbocycles. The Kier molecular flexibility index (Phi) is 4.17. The highest BCUT2D eigenvalue weighted by molar-refractivity contribution is 5.94. The predicted octanol–water partition coefficient (Wildman–Crippen LogP) is 0.796. The molecule has 0 unspecified atom stereocenters. The minimum atomic E-state index is -1.14. The van der Waals surface area contributed by atoms with Gasteiger partial charge in [-0.25, -0.2) is 0 Å². The number of aliphatic carboxylic acids is 1. The number of hydrogen-bond donors (Lipinski definition) is 1. The molecule has 7 nitrogen and oxygen atoms in total. The van der Waals surface area contributed by atoms with Crippen LogP contribution in [0.2, 0.25) is 0 Å². The number of aromatic nitrogens is 1. The van der Waals surface area contributed by atoms with E-state index in [2.05, 4.69) is 4.98 Å². The van der Waals surface area contributed by atoms with Gasteiger partial charge in [0.1, 0.15) is 5.41 Å². The van der Waals surface area contributed by atoms with Crippen LogP contribution >= 0.6 is 0 Å². The van der Waals surface area contributed by atoms with Crippen molar-refractivity contribution >= 4 is 17.8 Å². The van der Waals surface area contributed by atoms with Gasteiger partial charge in [0.2, 0.25) is 11.8 Å². The average molecular weight is 357 g/mol. The summed E-state index contributed by atoms with van der Waals surface area (Å²) in [5, 5.41) is 9.84. The summed E-state index contributed by atoms with van der Waals surface area (Å²) in [6, 6.07) is 3.74. The molecule has 3 aliphatic rings. The van der Waals surface area contributed by atoms with Gasteiger partial charge in [0.05, 0.1) is 5.92 Å². The number of likely N-dealkylation sites (tertiary alicyclic amines) is 2. The summed E-state index contributed by atoms with van der Waals surface area (Å²) in [5.41, 5.74) is -0.171. The molecule has 4 rings (SSSR count). The van der Waals surface area contributed by atoms with Crippen molar-refractivity contribution in [2.24, 2.45) is 17.3 Å². The Morgan fingerprint density at radius 2 is 2.12 bits per heavy atom. The number of rotatable bonds is 6. The quantitative estimate of drug-likeness (QED) is 0.813. The standard InChI is InChI=1S/C19H23N3O4/c23-16(6-5-13-2-1-7-20-8-13)21-10-15-17(24)22(9-14-3-4-14)12-19(15,11-21)18(25)26/h1-2,7-8,14-15H,3-6,9-12H2,(H,25,26)/t15-,19-/m0/s1. The molecule has 2 atom stereocenters. The molecule has 1 aromatic heterocycles. The van der Waals surface area contributed by atoms with Crippen LogP contribution in [-0.4, -0.2) is 63.9 Å². The van der Waals surface area contributed by atoms with Gasteiger partial charge in [0.15, 0.2) is 0 Å². The number of aryl methyl sites for hydroxylation is 1. The second kappa shape index (κ2) is 6.37. The molecular weight excluding hydrogens is 334 g/mol. The monoisotopic (exact) mass is 357 g/mol. The number of carboxylic acid groups (broad SMARTS) is 1. The summed E-state index contributed by atoms with van der Waals surface area (Å²) in [7, 11) is 0. The van der Waals surface area contributed by atoms with E-state index in [4.69, 9.17) is 0 Å². The van der Waals surface area contributed by atoms with Crippen LogP contribution in [0, 0.1) is 17.3 Å². The number of nitrogens with zero attached hydrogens (tertiary/aromatic N) is 3. The Morgan fingerprint density at radius 3 is 2.73 bits per heavy atom. The normalized spacial score (nSPS) is 27.7. The number of amides is 2. The summed E-state index contributed by atoms with van der Waals surface area (Å²) in [6.45, 7) is 1.25. The lowest BCUT2D eigenvalue weighted by atomic mass is 9.81. The first-order chi connectivity index (χ1) is 12.5. The van der Waals surface area contributed by atoms with Crippen LogP contribution < -0.4 is 0 Å². The van der Waals surface area contributed by atoms with Gasteiger partial charge in [-0.3, -0.25) is 19.4 Å². The third-order valence-corrected chi connectivity index (χ3v) is 5.93. The molecule has 2 aliphatic heterocycles. The average Bonchev–Trinajstić information content (AvgIpc) is 3.30. The molecule has 2 saturated heterocycles. The van der Waals surface area contributed by atoms with Crippen molar-refractivity contribution in [3.8, 4) is 0 Å². The molecule has 0 bridgehead atoms. The van der Waals surface area contributed by atoms with Crippen LogP contribution in [0.1, 0.15) is 24.8 Å². The summed E-state index contributed by atoms with van der Waals surface area (Å²) in [5.74, 6) is -1.23. The van der Waals surface area contributed by atoms with Crippen LogP contribution in [0.15, 0.2) is 24.5 Å². The van der Waals surface area contributed by atoms with E-state index < -0.39 is 17.3 Å². The molecule has 1 N–H and O–H groups in total. The van der Waals surface area contributed by atoms with Crippen LogP contribution in [0.25, 0.3) is 0 Å². The summed E-state index contributed by atoms with van der Waals surface area (Å²) < 4.78 is 0. The van der Waals surface area contributed by atoms with Crippen molar-refractivity contribution in [3.63, 3.8) is 0 Å². The van der Waals surface area contributed by atoms with Gasteiger partial charge in [-0.2, -0.15) is 0 Å². The van der Waals surface area contributed by atoms with Crippen molar-refractivity contribution in [2.75, 3.05) is 26.2 Å². The third kappa shape index (κ3) is 2.95. The minimum Gasteiger partial charge on any atom is -0.481 e. The number of pyridine rings is 1. The van der Waals surface area contributed by atoms with Gasteiger partial charge in [-0.05, 0) is 36.8 Å². The highest BCUT2D eigenvalue weighted by Crippen LogP contribution is 2.45. The molecule has 1 aromatic rings. The molecule has 1 saturated carbocycles. The van der Waals surface area contributed by atoms with Crippen molar-refractivity contribution in [3.05, 3.63) is 30.1 Å². The van der Waals surface area contributed by atoms with Gasteiger partial charge in [0.25, 0.3) is 0 Å². The number of carbonyl (C=O) groups is 3. The van der Waals surface area contributed by atoms with Crippen molar-refractivity contribution in [1.82, 2.24) is 14.8 Å². The molecule has 0 aromatic carbocycles. The van der Waals surface area contributed by atoms with E-state index in [0.717, 1.165) is 18.4 Å². The maximum atomic E-state index is 12.7. The van der Waals surface area contributed by atoms with E-state index in [1.54, 1.807) is 22.2 Å². The fourth-order valence-corrected chi connectivity index (χ4v) is 4.22. The van der Waals surface area contributed by atoms with E-state index in [0.29, 0.717) is 25.3 Å². The first kappa shape index (κ1) is 17.0. The topological polar surface area (TPSA) is 90.8 Å².